The van der Waals surface area contributed by atoms with Crippen LogP contribution in [0.25, 0.3) is 11.3 Å². The lowest BCUT2D eigenvalue weighted by atomic mass is 10.1. The first kappa shape index (κ1) is 19.5. The molecule has 0 unspecified atom stereocenters. The standard InChI is InChI=1S/C24H15BrClNO2S/c1-14-12-15(6-8-17(14)25)20-9-10-21(29-20)24(28)27-18-4-2-3-5-22(18)30-23-11-7-16(26)13-19(23)27/h2-13H,1H3. The molecule has 2 heterocycles. The largest absolute Gasteiger partial charge is 0.451 e. The predicted octanol–water partition coefficient (Wildman–Crippen LogP) is 8.11. The van der Waals surface area contributed by atoms with Crippen LogP contribution in [0.2, 0.25) is 5.02 Å². The Bertz CT molecular complexity index is 1300. The molecule has 148 valence electrons. The molecule has 5 rings (SSSR count). The highest BCUT2D eigenvalue weighted by atomic mass is 79.9. The van der Waals surface area contributed by atoms with Crippen LogP contribution in [0.3, 0.4) is 0 Å². The topological polar surface area (TPSA) is 33.5 Å². The highest BCUT2D eigenvalue weighted by Gasteiger charge is 2.30. The Morgan fingerprint density at radius 2 is 1.77 bits per heavy atom. The molecule has 0 radical (unpaired) electrons. The highest BCUT2D eigenvalue weighted by molar-refractivity contribution is 9.10. The van der Waals surface area contributed by atoms with E-state index in [4.69, 9.17) is 16.0 Å². The second-order valence-electron chi connectivity index (χ2n) is 6.95. The fourth-order valence-electron chi connectivity index (χ4n) is 3.46. The molecule has 0 fully saturated rings. The van der Waals surface area contributed by atoms with Crippen LogP contribution in [0.15, 0.2) is 91.5 Å². The number of carbonyl (C=O) groups excluding carboxylic acids is 1. The number of nitrogens with zero attached hydrogens (tertiary/aromatic N) is 1. The minimum Gasteiger partial charge on any atom is -0.451 e. The van der Waals surface area contributed by atoms with Crippen molar-refractivity contribution in [1.82, 2.24) is 0 Å². The number of hydrogen-bond donors (Lipinski definition) is 0. The third-order valence-electron chi connectivity index (χ3n) is 4.95. The van der Waals surface area contributed by atoms with Gasteiger partial charge in [0.1, 0.15) is 5.76 Å². The van der Waals surface area contributed by atoms with Crippen molar-refractivity contribution in [3.05, 3.63) is 93.6 Å². The number of aryl methyl sites for hydroxylation is 1. The lowest BCUT2D eigenvalue weighted by molar-refractivity contribution is 0.0972. The number of para-hydroxylation sites is 1. The van der Waals surface area contributed by atoms with Gasteiger partial charge in [-0.1, -0.05) is 57.5 Å². The zero-order valence-electron chi connectivity index (χ0n) is 15.9. The highest BCUT2D eigenvalue weighted by Crippen LogP contribution is 2.49. The molecule has 1 aliphatic heterocycles. The average Bonchev–Trinajstić information content (AvgIpc) is 3.24. The van der Waals surface area contributed by atoms with Crippen molar-refractivity contribution < 1.29 is 9.21 Å². The molecule has 30 heavy (non-hydrogen) atoms. The van der Waals surface area contributed by atoms with Crippen LogP contribution in [0.4, 0.5) is 11.4 Å². The molecule has 0 saturated carbocycles. The zero-order valence-corrected chi connectivity index (χ0v) is 19.0. The number of furan rings is 1. The van der Waals surface area contributed by atoms with Gasteiger partial charge in [-0.05, 0) is 67.1 Å². The third kappa shape index (κ3) is 3.37. The van der Waals surface area contributed by atoms with Gasteiger partial charge in [-0.15, -0.1) is 0 Å². The number of benzene rings is 3. The summed E-state index contributed by atoms with van der Waals surface area (Å²) in [6.07, 6.45) is 0. The number of anilines is 2. The molecule has 0 bridgehead atoms. The zero-order chi connectivity index (χ0) is 20.8. The number of hydrogen-bond acceptors (Lipinski definition) is 3. The monoisotopic (exact) mass is 495 g/mol. The van der Waals surface area contributed by atoms with Gasteiger partial charge in [0.15, 0.2) is 5.76 Å². The van der Waals surface area contributed by atoms with E-state index in [1.807, 2.05) is 73.7 Å². The van der Waals surface area contributed by atoms with Crippen molar-refractivity contribution in [2.45, 2.75) is 16.7 Å². The van der Waals surface area contributed by atoms with Gasteiger partial charge in [0.05, 0.1) is 11.4 Å². The van der Waals surface area contributed by atoms with Crippen LogP contribution in [0.1, 0.15) is 16.1 Å². The predicted molar refractivity (Wildman–Crippen MR) is 125 cm³/mol. The second-order valence-corrected chi connectivity index (χ2v) is 9.32. The first-order valence-corrected chi connectivity index (χ1v) is 11.3. The lowest BCUT2D eigenvalue weighted by Gasteiger charge is -2.30. The van der Waals surface area contributed by atoms with Gasteiger partial charge in [-0.25, -0.2) is 0 Å². The minimum atomic E-state index is -0.230. The second kappa shape index (κ2) is 7.65. The Morgan fingerprint density at radius 3 is 2.60 bits per heavy atom. The Balaban J connectivity index is 1.58. The van der Waals surface area contributed by atoms with Crippen molar-refractivity contribution in [3.63, 3.8) is 0 Å². The SMILES string of the molecule is Cc1cc(-c2ccc(C(=O)N3c4ccccc4Sc4ccc(Cl)cc43)o2)ccc1Br. The van der Waals surface area contributed by atoms with Crippen LogP contribution in [0.5, 0.6) is 0 Å². The van der Waals surface area contributed by atoms with E-state index >= 15 is 0 Å². The first-order chi connectivity index (χ1) is 14.5. The Labute approximate surface area is 191 Å². The van der Waals surface area contributed by atoms with Crippen molar-refractivity contribution in [3.8, 4) is 11.3 Å². The Kier molecular flexibility index (Phi) is 4.97. The van der Waals surface area contributed by atoms with E-state index in [1.54, 1.807) is 22.7 Å². The van der Waals surface area contributed by atoms with Crippen LogP contribution in [0, 0.1) is 6.92 Å². The molecule has 0 saturated heterocycles. The van der Waals surface area contributed by atoms with Crippen molar-refractivity contribution in [2.75, 3.05) is 4.90 Å². The van der Waals surface area contributed by atoms with E-state index in [2.05, 4.69) is 15.9 Å². The van der Waals surface area contributed by atoms with Gasteiger partial charge in [-0.3, -0.25) is 9.69 Å². The summed E-state index contributed by atoms with van der Waals surface area (Å²) in [4.78, 5) is 17.2. The van der Waals surface area contributed by atoms with Gasteiger partial charge in [0.25, 0.3) is 5.91 Å². The van der Waals surface area contributed by atoms with Gasteiger partial charge in [0.2, 0.25) is 0 Å². The molecule has 6 heteroatoms. The molecule has 0 atom stereocenters. The summed E-state index contributed by atoms with van der Waals surface area (Å²) in [7, 11) is 0. The minimum absolute atomic E-state index is 0.230. The molecule has 3 aromatic carbocycles. The number of carbonyl (C=O) groups is 1. The molecule has 0 N–H and O–H groups in total. The summed E-state index contributed by atoms with van der Waals surface area (Å²) in [5.41, 5.74) is 3.60. The first-order valence-electron chi connectivity index (χ1n) is 9.28. The number of fused-ring (bicyclic) bond motifs is 2. The summed E-state index contributed by atoms with van der Waals surface area (Å²) < 4.78 is 7.03. The third-order valence-corrected chi connectivity index (χ3v) is 7.21. The summed E-state index contributed by atoms with van der Waals surface area (Å²) in [6.45, 7) is 2.02. The van der Waals surface area contributed by atoms with Gasteiger partial charge >= 0.3 is 0 Å². The molecule has 1 aromatic heterocycles. The van der Waals surface area contributed by atoms with Crippen molar-refractivity contribution in [1.29, 1.82) is 0 Å². The Hall–Kier alpha value is -2.47. The van der Waals surface area contributed by atoms with Crippen LogP contribution in [-0.4, -0.2) is 5.91 Å². The summed E-state index contributed by atoms with van der Waals surface area (Å²) in [5, 5.41) is 0.581. The van der Waals surface area contributed by atoms with Crippen LogP contribution in [-0.2, 0) is 0 Å². The van der Waals surface area contributed by atoms with Gasteiger partial charge < -0.3 is 4.42 Å². The molecule has 3 nitrogen and oxygen atoms in total. The fourth-order valence-corrected chi connectivity index (χ4v) is 4.91. The van der Waals surface area contributed by atoms with Crippen LogP contribution >= 0.6 is 39.3 Å². The molecule has 0 aliphatic carbocycles. The number of amides is 1. The molecule has 0 spiro atoms. The summed E-state index contributed by atoms with van der Waals surface area (Å²) in [6, 6.07) is 23.0. The quantitative estimate of drug-likeness (QED) is 0.281. The normalized spacial score (nSPS) is 12.4. The van der Waals surface area contributed by atoms with Crippen molar-refractivity contribution in [2.24, 2.45) is 0 Å². The lowest BCUT2D eigenvalue weighted by Crippen LogP contribution is -2.28. The maximum atomic E-state index is 13.6. The summed E-state index contributed by atoms with van der Waals surface area (Å²) >= 11 is 11.4. The molecule has 4 aromatic rings. The van der Waals surface area contributed by atoms with Gasteiger partial charge in [-0.2, -0.15) is 0 Å². The van der Waals surface area contributed by atoms with Crippen molar-refractivity contribution >= 4 is 56.6 Å². The van der Waals surface area contributed by atoms with E-state index in [9.17, 15) is 4.79 Å². The number of halogens is 2. The maximum absolute atomic E-state index is 13.6. The molecular weight excluding hydrogens is 482 g/mol. The van der Waals surface area contributed by atoms with E-state index in [1.165, 1.54) is 0 Å². The maximum Gasteiger partial charge on any atom is 0.298 e. The van der Waals surface area contributed by atoms with E-state index < -0.39 is 0 Å². The molecule has 1 amide bonds. The van der Waals surface area contributed by atoms with E-state index in [-0.39, 0.29) is 11.7 Å². The van der Waals surface area contributed by atoms with Crippen LogP contribution < -0.4 is 4.90 Å². The smallest absolute Gasteiger partial charge is 0.298 e. The molecular formula is C24H15BrClNO2S. The number of rotatable bonds is 2. The van der Waals surface area contributed by atoms with E-state index in [0.717, 1.165) is 36.8 Å². The van der Waals surface area contributed by atoms with Gasteiger partial charge in [0, 0.05) is 24.8 Å². The fraction of sp³-hybridized carbons (Fsp3) is 0.0417. The Morgan fingerprint density at radius 1 is 0.967 bits per heavy atom. The van der Waals surface area contributed by atoms with E-state index in [0.29, 0.717) is 10.8 Å². The molecule has 1 aliphatic rings. The summed E-state index contributed by atoms with van der Waals surface area (Å²) in [5.74, 6) is 0.699. The average molecular weight is 497 g/mol.